The Kier molecular flexibility index (Phi) is 5.54. The van der Waals surface area contributed by atoms with Gasteiger partial charge in [-0.15, -0.1) is 0 Å². The van der Waals surface area contributed by atoms with Gasteiger partial charge in [0.2, 0.25) is 0 Å². The minimum Gasteiger partial charge on any atom is -0.507 e. The smallest absolute Gasteiger partial charge is 0.295 e. The molecule has 2 aromatic rings. The molecule has 0 aliphatic carbocycles. The number of aliphatic hydroxyl groups excluding tert-OH is 1. The summed E-state index contributed by atoms with van der Waals surface area (Å²) in [5.74, 6) is -1.65. The maximum Gasteiger partial charge on any atom is 0.295 e. The first-order valence-corrected chi connectivity index (χ1v) is 10.3. The van der Waals surface area contributed by atoms with E-state index < -0.39 is 23.5 Å². The number of amides is 1. The fraction of sp³-hybridized carbons (Fsp3) is 0.333. The summed E-state index contributed by atoms with van der Waals surface area (Å²) in [6, 6.07) is 10.2. The lowest BCUT2D eigenvalue weighted by atomic mass is 9.94. The second-order valence-corrected chi connectivity index (χ2v) is 8.27. The van der Waals surface area contributed by atoms with Gasteiger partial charge in [0, 0.05) is 30.6 Å². The first-order valence-electron chi connectivity index (χ1n) is 10.3. The van der Waals surface area contributed by atoms with Crippen molar-refractivity contribution in [3.05, 3.63) is 70.5 Å². The van der Waals surface area contributed by atoms with E-state index in [1.807, 2.05) is 25.9 Å². The molecular weight excluding hydrogens is 399 g/mol. The number of ether oxygens (including phenoxy) is 1. The molecule has 2 aliphatic heterocycles. The van der Waals surface area contributed by atoms with Gasteiger partial charge in [-0.3, -0.25) is 9.59 Å². The normalized spacial score (nSPS) is 22.2. The molecule has 31 heavy (non-hydrogen) atoms. The van der Waals surface area contributed by atoms with Crippen molar-refractivity contribution < 1.29 is 23.8 Å². The molecular formula is C24H25FN2O4. The van der Waals surface area contributed by atoms with Crippen LogP contribution in [0.5, 0.6) is 5.75 Å². The zero-order chi connectivity index (χ0) is 22.3. The molecule has 0 spiro atoms. The van der Waals surface area contributed by atoms with Gasteiger partial charge in [0.05, 0.1) is 11.6 Å². The summed E-state index contributed by atoms with van der Waals surface area (Å²) in [4.78, 5) is 29.1. The number of Topliss-reactive ketones (excluding diaryl/α,β-unsaturated/α-hetero) is 1. The summed E-state index contributed by atoms with van der Waals surface area (Å²) in [6.45, 7) is 2.67. The van der Waals surface area contributed by atoms with E-state index in [4.69, 9.17) is 4.74 Å². The molecule has 1 amide bonds. The van der Waals surface area contributed by atoms with Crippen LogP contribution in [-0.2, 0) is 16.0 Å². The van der Waals surface area contributed by atoms with Gasteiger partial charge in [0.1, 0.15) is 23.4 Å². The van der Waals surface area contributed by atoms with Crippen LogP contribution < -0.4 is 4.74 Å². The largest absolute Gasteiger partial charge is 0.507 e. The van der Waals surface area contributed by atoms with Crippen molar-refractivity contribution in [2.45, 2.75) is 25.5 Å². The predicted octanol–water partition coefficient (Wildman–Crippen LogP) is 3.13. The van der Waals surface area contributed by atoms with Crippen LogP contribution in [0.4, 0.5) is 4.39 Å². The predicted molar refractivity (Wildman–Crippen MR) is 114 cm³/mol. The SMILES string of the molecule is CC1Cc2cc(/C(O)=C3/C(=O)C(=O)N(CCN(C)C)C3c3ccccc3F)ccc2O1. The average molecular weight is 424 g/mol. The van der Waals surface area contributed by atoms with E-state index in [-0.39, 0.29) is 29.5 Å². The Bertz CT molecular complexity index is 1080. The number of aliphatic hydroxyl groups is 1. The molecule has 1 fully saturated rings. The lowest BCUT2D eigenvalue weighted by molar-refractivity contribution is -0.140. The molecule has 2 heterocycles. The number of halogens is 1. The highest BCUT2D eigenvalue weighted by atomic mass is 19.1. The lowest BCUT2D eigenvalue weighted by Crippen LogP contribution is -2.35. The molecule has 0 bridgehead atoms. The van der Waals surface area contributed by atoms with Crippen molar-refractivity contribution in [3.63, 3.8) is 0 Å². The third kappa shape index (κ3) is 3.81. The summed E-state index contributed by atoms with van der Waals surface area (Å²) >= 11 is 0. The number of likely N-dealkylation sites (N-methyl/N-ethyl adjacent to an activating group) is 1. The van der Waals surface area contributed by atoms with Gasteiger partial charge in [-0.25, -0.2) is 4.39 Å². The summed E-state index contributed by atoms with van der Waals surface area (Å²) < 4.78 is 20.5. The molecule has 4 rings (SSSR count). The summed E-state index contributed by atoms with van der Waals surface area (Å²) in [7, 11) is 3.70. The van der Waals surface area contributed by atoms with Crippen molar-refractivity contribution in [2.75, 3.05) is 27.2 Å². The maximum atomic E-state index is 14.7. The summed E-state index contributed by atoms with van der Waals surface area (Å²) in [6.07, 6.45) is 0.715. The molecule has 2 aromatic carbocycles. The highest BCUT2D eigenvalue weighted by Gasteiger charge is 2.46. The molecule has 1 saturated heterocycles. The molecule has 0 radical (unpaired) electrons. The Balaban J connectivity index is 1.84. The van der Waals surface area contributed by atoms with Crippen molar-refractivity contribution >= 4 is 17.4 Å². The van der Waals surface area contributed by atoms with E-state index in [1.165, 1.54) is 11.0 Å². The first-order chi connectivity index (χ1) is 14.8. The zero-order valence-corrected chi connectivity index (χ0v) is 17.8. The van der Waals surface area contributed by atoms with Gasteiger partial charge < -0.3 is 19.6 Å². The Labute approximate surface area is 180 Å². The minimum absolute atomic E-state index is 0.0300. The molecule has 0 saturated carbocycles. The quantitative estimate of drug-likeness (QED) is 0.454. The molecule has 1 N–H and O–H groups in total. The number of rotatable bonds is 5. The second-order valence-electron chi connectivity index (χ2n) is 8.27. The molecule has 7 heteroatoms. The van der Waals surface area contributed by atoms with Crippen molar-refractivity contribution in [3.8, 4) is 5.75 Å². The van der Waals surface area contributed by atoms with Gasteiger partial charge in [0.15, 0.2) is 0 Å². The number of fused-ring (bicyclic) bond motifs is 1. The zero-order valence-electron chi connectivity index (χ0n) is 17.8. The second kappa shape index (κ2) is 8.15. The Morgan fingerprint density at radius 3 is 2.68 bits per heavy atom. The van der Waals surface area contributed by atoms with Gasteiger partial charge in [-0.05, 0) is 50.8 Å². The number of ketones is 1. The molecule has 2 unspecified atom stereocenters. The molecule has 6 nitrogen and oxygen atoms in total. The number of hydrogen-bond donors (Lipinski definition) is 1. The van der Waals surface area contributed by atoms with Gasteiger partial charge in [-0.2, -0.15) is 0 Å². The van der Waals surface area contributed by atoms with Crippen molar-refractivity contribution in [2.24, 2.45) is 0 Å². The molecule has 2 aliphatic rings. The van der Waals surface area contributed by atoms with Crippen LogP contribution >= 0.6 is 0 Å². The van der Waals surface area contributed by atoms with Crippen LogP contribution in [0.15, 0.2) is 48.0 Å². The summed E-state index contributed by atoms with van der Waals surface area (Å²) in [5, 5.41) is 11.1. The van der Waals surface area contributed by atoms with Gasteiger partial charge >= 0.3 is 0 Å². The van der Waals surface area contributed by atoms with E-state index >= 15 is 0 Å². The number of nitrogens with zero attached hydrogens (tertiary/aromatic N) is 2. The van der Waals surface area contributed by atoms with Crippen LogP contribution in [0.25, 0.3) is 5.76 Å². The molecule has 2 atom stereocenters. The number of carbonyl (C=O) groups is 2. The Morgan fingerprint density at radius 1 is 1.23 bits per heavy atom. The number of benzene rings is 2. The van der Waals surface area contributed by atoms with E-state index in [0.717, 1.165) is 11.3 Å². The van der Waals surface area contributed by atoms with Gasteiger partial charge in [-0.1, -0.05) is 18.2 Å². The van der Waals surface area contributed by atoms with Crippen molar-refractivity contribution in [1.82, 2.24) is 9.80 Å². The third-order valence-electron chi connectivity index (χ3n) is 5.70. The number of likely N-dealkylation sites (tertiary alicyclic amines) is 1. The van der Waals surface area contributed by atoms with E-state index in [1.54, 1.807) is 36.4 Å². The van der Waals surface area contributed by atoms with E-state index in [0.29, 0.717) is 18.5 Å². The highest BCUT2D eigenvalue weighted by molar-refractivity contribution is 6.46. The monoisotopic (exact) mass is 424 g/mol. The van der Waals surface area contributed by atoms with Crippen LogP contribution in [0.1, 0.15) is 29.7 Å². The fourth-order valence-corrected chi connectivity index (χ4v) is 4.16. The van der Waals surface area contributed by atoms with Gasteiger partial charge in [0.25, 0.3) is 11.7 Å². The average Bonchev–Trinajstić information content (AvgIpc) is 3.22. The van der Waals surface area contributed by atoms with E-state index in [9.17, 15) is 19.1 Å². The fourth-order valence-electron chi connectivity index (χ4n) is 4.16. The molecule has 162 valence electrons. The number of hydrogen-bond acceptors (Lipinski definition) is 5. The highest BCUT2D eigenvalue weighted by Crippen LogP contribution is 2.41. The van der Waals surface area contributed by atoms with E-state index in [2.05, 4.69) is 0 Å². The third-order valence-corrected chi connectivity index (χ3v) is 5.70. The first kappa shape index (κ1) is 21.1. The Hall–Kier alpha value is -3.19. The minimum atomic E-state index is -0.996. The maximum absolute atomic E-state index is 14.7. The van der Waals surface area contributed by atoms with Crippen LogP contribution in [0.3, 0.4) is 0 Å². The number of carbonyl (C=O) groups excluding carboxylic acids is 2. The van der Waals surface area contributed by atoms with Crippen LogP contribution in [-0.4, -0.2) is 59.9 Å². The lowest BCUT2D eigenvalue weighted by Gasteiger charge is -2.26. The standard InChI is InChI=1S/C24H25FN2O4/c1-14-12-16-13-15(8-9-19(16)31-14)22(28)20-21(17-6-4-5-7-18(17)25)27(11-10-26(2)3)24(30)23(20)29/h4-9,13-14,21,28H,10-12H2,1-3H3/b22-20-. The van der Waals surface area contributed by atoms with Crippen molar-refractivity contribution in [1.29, 1.82) is 0 Å². The summed E-state index contributed by atoms with van der Waals surface area (Å²) in [5.41, 5.74) is 1.41. The Morgan fingerprint density at radius 2 is 1.97 bits per heavy atom. The molecule has 0 aromatic heterocycles. The van der Waals surface area contributed by atoms with Crippen LogP contribution in [0.2, 0.25) is 0 Å². The topological polar surface area (TPSA) is 70.1 Å². The van der Waals surface area contributed by atoms with Crippen LogP contribution in [0, 0.1) is 5.82 Å².